The van der Waals surface area contributed by atoms with Crippen LogP contribution in [0.5, 0.6) is 0 Å². The number of hydrogen-bond donors (Lipinski definition) is 1. The molecular weight excluding hydrogens is 355 g/mol. The summed E-state index contributed by atoms with van der Waals surface area (Å²) in [5.74, 6) is -2.38. The van der Waals surface area contributed by atoms with Gasteiger partial charge in [-0.25, -0.2) is 9.18 Å². The summed E-state index contributed by atoms with van der Waals surface area (Å²) in [7, 11) is 0. The van der Waals surface area contributed by atoms with Gasteiger partial charge in [0.1, 0.15) is 5.82 Å². The van der Waals surface area contributed by atoms with Gasteiger partial charge in [0.25, 0.3) is 11.6 Å². The normalized spacial score (nSPS) is 10.2. The number of amides is 1. The van der Waals surface area contributed by atoms with Crippen molar-refractivity contribution in [3.63, 3.8) is 0 Å². The van der Waals surface area contributed by atoms with E-state index >= 15 is 0 Å². The molecule has 1 amide bonds. The second-order valence-electron chi connectivity index (χ2n) is 4.96. The molecule has 0 aliphatic heterocycles. The largest absolute Gasteiger partial charge is 0.452 e. The maximum Gasteiger partial charge on any atom is 0.339 e. The lowest BCUT2D eigenvalue weighted by Gasteiger charge is -2.09. The monoisotopic (exact) mass is 366 g/mol. The molecule has 0 atom stereocenters. The van der Waals surface area contributed by atoms with Crippen molar-refractivity contribution < 1.29 is 23.6 Å². The third-order valence-corrected chi connectivity index (χ3v) is 3.49. The molecule has 0 unspecified atom stereocenters. The summed E-state index contributed by atoms with van der Waals surface area (Å²) < 4.78 is 18.3. The van der Waals surface area contributed by atoms with Crippen LogP contribution in [0.3, 0.4) is 0 Å². The van der Waals surface area contributed by atoms with Crippen molar-refractivity contribution in [2.75, 3.05) is 11.9 Å². The number of anilines is 1. The molecule has 0 saturated carbocycles. The minimum atomic E-state index is -0.900. The average molecular weight is 367 g/mol. The Labute approximate surface area is 146 Å². The van der Waals surface area contributed by atoms with E-state index < -0.39 is 29.2 Å². The molecule has 0 radical (unpaired) electrons. The van der Waals surface area contributed by atoms with Crippen LogP contribution in [-0.2, 0) is 9.53 Å². The topological polar surface area (TPSA) is 98.5 Å². The molecule has 130 valence electrons. The van der Waals surface area contributed by atoms with Gasteiger partial charge in [-0.2, -0.15) is 0 Å². The Balaban J connectivity index is 2.03. The maximum atomic E-state index is 13.5. The van der Waals surface area contributed by atoms with Gasteiger partial charge in [-0.3, -0.25) is 14.9 Å². The number of carbonyl (C=O) groups excluding carboxylic acids is 2. The zero-order valence-corrected chi connectivity index (χ0v) is 13.7. The quantitative estimate of drug-likeness (QED) is 0.496. The van der Waals surface area contributed by atoms with Gasteiger partial charge in [0.05, 0.1) is 16.2 Å². The first-order valence-corrected chi connectivity index (χ1v) is 7.33. The number of esters is 1. The number of halogens is 2. The molecule has 0 aliphatic rings. The second kappa shape index (κ2) is 7.71. The van der Waals surface area contributed by atoms with Gasteiger partial charge >= 0.3 is 5.97 Å². The van der Waals surface area contributed by atoms with Crippen molar-refractivity contribution in [3.05, 3.63) is 68.5 Å². The molecule has 2 aromatic rings. The Morgan fingerprint density at radius 2 is 2.04 bits per heavy atom. The first-order valence-electron chi connectivity index (χ1n) is 6.95. The maximum absolute atomic E-state index is 13.5. The summed E-state index contributed by atoms with van der Waals surface area (Å²) in [5.41, 5.74) is -0.297. The summed E-state index contributed by atoms with van der Waals surface area (Å²) in [6.07, 6.45) is 0. The summed E-state index contributed by atoms with van der Waals surface area (Å²) in [6, 6.07) is 7.54. The number of hydrogen-bond acceptors (Lipinski definition) is 5. The average Bonchev–Trinajstić information content (AvgIpc) is 2.56. The van der Waals surface area contributed by atoms with E-state index in [2.05, 4.69) is 5.32 Å². The highest BCUT2D eigenvalue weighted by Gasteiger charge is 2.20. The highest BCUT2D eigenvalue weighted by atomic mass is 35.5. The van der Waals surface area contributed by atoms with Gasteiger partial charge in [0, 0.05) is 16.7 Å². The molecule has 25 heavy (non-hydrogen) atoms. The van der Waals surface area contributed by atoms with Crippen LogP contribution in [0.4, 0.5) is 15.8 Å². The van der Waals surface area contributed by atoms with Gasteiger partial charge in [-0.1, -0.05) is 17.7 Å². The fourth-order valence-electron chi connectivity index (χ4n) is 2.03. The zero-order valence-electron chi connectivity index (χ0n) is 12.9. The highest BCUT2D eigenvalue weighted by Crippen LogP contribution is 2.22. The second-order valence-corrected chi connectivity index (χ2v) is 5.39. The van der Waals surface area contributed by atoms with E-state index in [0.717, 1.165) is 6.07 Å². The number of benzene rings is 2. The lowest BCUT2D eigenvalue weighted by atomic mass is 10.1. The van der Waals surface area contributed by atoms with E-state index in [4.69, 9.17) is 16.3 Å². The van der Waals surface area contributed by atoms with Crippen LogP contribution in [0.1, 0.15) is 15.9 Å². The standard InChI is InChI=1S/C16H12ClFN2O5/c1-9-11(3-2-4-14(9)20(23)24)16(22)25-8-15(21)19-13-7-10(17)5-6-12(13)18/h2-7H,8H2,1H3,(H,19,21). The van der Waals surface area contributed by atoms with Crippen LogP contribution >= 0.6 is 11.6 Å². The summed E-state index contributed by atoms with van der Waals surface area (Å²) >= 11 is 5.71. The molecule has 0 spiro atoms. The summed E-state index contributed by atoms with van der Waals surface area (Å²) in [6.45, 7) is 0.711. The minimum Gasteiger partial charge on any atom is -0.452 e. The van der Waals surface area contributed by atoms with Gasteiger partial charge in [-0.05, 0) is 31.2 Å². The number of nitrogens with zero attached hydrogens (tertiary/aromatic N) is 1. The lowest BCUT2D eigenvalue weighted by molar-refractivity contribution is -0.385. The zero-order chi connectivity index (χ0) is 18.6. The van der Waals surface area contributed by atoms with Gasteiger partial charge < -0.3 is 10.1 Å². The molecule has 0 fully saturated rings. The first-order chi connectivity index (χ1) is 11.8. The predicted molar refractivity (Wildman–Crippen MR) is 88.2 cm³/mol. The van der Waals surface area contributed by atoms with Crippen molar-refractivity contribution in [1.82, 2.24) is 0 Å². The summed E-state index contributed by atoms with van der Waals surface area (Å²) in [4.78, 5) is 34.0. The smallest absolute Gasteiger partial charge is 0.339 e. The Kier molecular flexibility index (Phi) is 5.66. The molecule has 7 nitrogen and oxygen atoms in total. The molecule has 0 saturated heterocycles. The van der Waals surface area contributed by atoms with Gasteiger partial charge in [0.15, 0.2) is 6.61 Å². The van der Waals surface area contributed by atoms with E-state index in [9.17, 15) is 24.1 Å². The van der Waals surface area contributed by atoms with E-state index in [1.54, 1.807) is 0 Å². The van der Waals surface area contributed by atoms with E-state index in [1.807, 2.05) is 0 Å². The number of rotatable bonds is 5. The molecule has 0 heterocycles. The van der Waals surface area contributed by atoms with E-state index in [0.29, 0.717) is 0 Å². The van der Waals surface area contributed by atoms with Crippen LogP contribution in [0.15, 0.2) is 36.4 Å². The van der Waals surface area contributed by atoms with Crippen LogP contribution in [0, 0.1) is 22.9 Å². The molecule has 9 heteroatoms. The van der Waals surface area contributed by atoms with E-state index in [-0.39, 0.29) is 27.5 Å². The Hall–Kier alpha value is -3.00. The van der Waals surface area contributed by atoms with Crippen LogP contribution in [-0.4, -0.2) is 23.4 Å². The molecule has 0 bridgehead atoms. The van der Waals surface area contributed by atoms with Crippen molar-refractivity contribution in [2.45, 2.75) is 6.92 Å². The van der Waals surface area contributed by atoms with Crippen molar-refractivity contribution in [3.8, 4) is 0 Å². The molecule has 0 aromatic heterocycles. The number of nitro groups is 1. The van der Waals surface area contributed by atoms with Crippen LogP contribution in [0.25, 0.3) is 0 Å². The SMILES string of the molecule is Cc1c(C(=O)OCC(=O)Nc2cc(Cl)ccc2F)cccc1[N+](=O)[O-]. The number of carbonyl (C=O) groups is 2. The third kappa shape index (κ3) is 4.51. The van der Waals surface area contributed by atoms with E-state index in [1.165, 1.54) is 37.3 Å². The summed E-state index contributed by atoms with van der Waals surface area (Å²) in [5, 5.41) is 13.3. The molecule has 1 N–H and O–H groups in total. The van der Waals surface area contributed by atoms with Gasteiger partial charge in [-0.15, -0.1) is 0 Å². The molecule has 2 rings (SSSR count). The fourth-order valence-corrected chi connectivity index (χ4v) is 2.20. The van der Waals surface area contributed by atoms with Crippen molar-refractivity contribution in [2.24, 2.45) is 0 Å². The minimum absolute atomic E-state index is 0.0315. The molecule has 2 aromatic carbocycles. The third-order valence-electron chi connectivity index (χ3n) is 3.26. The Morgan fingerprint density at radius 3 is 2.72 bits per heavy atom. The Bertz CT molecular complexity index is 856. The number of ether oxygens (including phenoxy) is 1. The number of nitro benzene ring substituents is 1. The van der Waals surface area contributed by atoms with Crippen LogP contribution < -0.4 is 5.32 Å². The fraction of sp³-hybridized carbons (Fsp3) is 0.125. The molecular formula is C16H12ClFN2O5. The first kappa shape index (κ1) is 18.3. The van der Waals surface area contributed by atoms with Gasteiger partial charge in [0.2, 0.25) is 0 Å². The van der Waals surface area contributed by atoms with Crippen LogP contribution in [0.2, 0.25) is 5.02 Å². The molecule has 0 aliphatic carbocycles. The Morgan fingerprint density at radius 1 is 1.32 bits per heavy atom. The van der Waals surface area contributed by atoms with Crippen molar-refractivity contribution in [1.29, 1.82) is 0 Å². The lowest BCUT2D eigenvalue weighted by Crippen LogP contribution is -2.22. The number of nitrogens with one attached hydrogen (secondary N) is 1. The highest BCUT2D eigenvalue weighted by molar-refractivity contribution is 6.30. The van der Waals surface area contributed by atoms with Crippen molar-refractivity contribution >= 4 is 34.9 Å². The predicted octanol–water partition coefficient (Wildman–Crippen LogP) is 3.49.